The van der Waals surface area contributed by atoms with Crippen molar-refractivity contribution >= 4 is 27.8 Å². The summed E-state index contributed by atoms with van der Waals surface area (Å²) in [4.78, 5) is 12.7. The summed E-state index contributed by atoms with van der Waals surface area (Å²) < 4.78 is 7.18. The quantitative estimate of drug-likeness (QED) is 0.347. The van der Waals surface area contributed by atoms with Crippen LogP contribution in [0.1, 0.15) is 17.6 Å². The number of aliphatic hydroxyl groups excluding tert-OH is 3. The number of ether oxygens (including phenoxy) is 1. The van der Waals surface area contributed by atoms with E-state index in [2.05, 4.69) is 26.8 Å². The number of benzene rings is 2. The van der Waals surface area contributed by atoms with E-state index in [1.54, 1.807) is 0 Å². The van der Waals surface area contributed by atoms with Crippen molar-refractivity contribution in [2.75, 3.05) is 12.3 Å². The molecule has 5 N–H and O–H groups in total. The lowest BCUT2D eigenvalue weighted by atomic mass is 10.1. The Morgan fingerprint density at radius 2 is 1.84 bits per heavy atom. The van der Waals surface area contributed by atoms with Crippen molar-refractivity contribution < 1.29 is 20.1 Å². The standard InChI is InChI=1S/C22H19N5O4/c23-20-17-21(25-11-24-20)27(22-19(30)18(29)15(10-28)31-22)16(26-17)9-8-13-6-3-5-12-4-1-2-7-14(12)13/h1-7,11,15,18-19,22,28-30H,10H2,(H2,23,24,25)/t15-,18-,19-,22-/m1/s1. The number of hydrogen-bond donors (Lipinski definition) is 4. The van der Waals surface area contributed by atoms with Crippen LogP contribution >= 0.6 is 0 Å². The first-order valence-corrected chi connectivity index (χ1v) is 9.69. The van der Waals surface area contributed by atoms with E-state index in [0.29, 0.717) is 11.2 Å². The Labute approximate surface area is 176 Å². The predicted molar refractivity (Wildman–Crippen MR) is 113 cm³/mol. The third-order valence-corrected chi connectivity index (χ3v) is 5.38. The van der Waals surface area contributed by atoms with E-state index >= 15 is 0 Å². The highest BCUT2D eigenvalue weighted by molar-refractivity contribution is 5.88. The maximum absolute atomic E-state index is 10.6. The van der Waals surface area contributed by atoms with E-state index in [1.807, 2.05) is 42.5 Å². The minimum Gasteiger partial charge on any atom is -0.394 e. The molecule has 4 aromatic rings. The lowest BCUT2D eigenvalue weighted by Gasteiger charge is -2.17. The molecule has 31 heavy (non-hydrogen) atoms. The molecule has 3 heterocycles. The number of nitrogen functional groups attached to an aromatic ring is 1. The second-order valence-electron chi connectivity index (χ2n) is 7.24. The van der Waals surface area contributed by atoms with Crippen molar-refractivity contribution in [1.29, 1.82) is 0 Å². The van der Waals surface area contributed by atoms with Gasteiger partial charge in [0.25, 0.3) is 0 Å². The van der Waals surface area contributed by atoms with E-state index in [4.69, 9.17) is 10.5 Å². The Hall–Kier alpha value is -3.55. The summed E-state index contributed by atoms with van der Waals surface area (Å²) in [7, 11) is 0. The number of aliphatic hydroxyl groups is 3. The summed E-state index contributed by atoms with van der Waals surface area (Å²) in [5.41, 5.74) is 7.39. The van der Waals surface area contributed by atoms with Gasteiger partial charge in [-0.3, -0.25) is 4.57 Å². The van der Waals surface area contributed by atoms with Gasteiger partial charge in [-0.1, -0.05) is 42.3 Å². The number of nitrogens with zero attached hydrogens (tertiary/aromatic N) is 4. The molecule has 1 saturated heterocycles. The zero-order chi connectivity index (χ0) is 21.5. The van der Waals surface area contributed by atoms with E-state index in [-0.39, 0.29) is 11.6 Å². The molecule has 0 aliphatic carbocycles. The lowest BCUT2D eigenvalue weighted by molar-refractivity contribution is -0.0514. The maximum Gasteiger partial charge on any atom is 0.190 e. The third kappa shape index (κ3) is 3.19. The highest BCUT2D eigenvalue weighted by Gasteiger charge is 2.44. The maximum atomic E-state index is 10.6. The monoisotopic (exact) mass is 417 g/mol. The van der Waals surface area contributed by atoms with Crippen molar-refractivity contribution in [3.8, 4) is 11.8 Å². The van der Waals surface area contributed by atoms with Crippen LogP contribution in [0, 0.1) is 11.8 Å². The lowest BCUT2D eigenvalue weighted by Crippen LogP contribution is -2.33. The first-order valence-electron chi connectivity index (χ1n) is 9.69. The summed E-state index contributed by atoms with van der Waals surface area (Å²) in [5, 5.41) is 32.3. The van der Waals surface area contributed by atoms with Crippen molar-refractivity contribution in [1.82, 2.24) is 19.5 Å². The van der Waals surface area contributed by atoms with E-state index in [1.165, 1.54) is 10.9 Å². The Kier molecular flexibility index (Phi) is 4.77. The number of hydrogen-bond acceptors (Lipinski definition) is 8. The fraction of sp³-hybridized carbons (Fsp3) is 0.227. The van der Waals surface area contributed by atoms with Gasteiger partial charge in [-0.05, 0) is 22.8 Å². The smallest absolute Gasteiger partial charge is 0.190 e. The van der Waals surface area contributed by atoms with Crippen molar-refractivity contribution in [3.63, 3.8) is 0 Å². The molecule has 0 spiro atoms. The summed E-state index contributed by atoms with van der Waals surface area (Å²) in [6, 6.07) is 13.7. The van der Waals surface area contributed by atoms with Crippen LogP contribution in [0.5, 0.6) is 0 Å². The third-order valence-electron chi connectivity index (χ3n) is 5.38. The molecule has 0 bridgehead atoms. The number of anilines is 1. The highest BCUT2D eigenvalue weighted by Crippen LogP contribution is 2.33. The van der Waals surface area contributed by atoms with Crippen LogP contribution in [0.25, 0.3) is 21.9 Å². The largest absolute Gasteiger partial charge is 0.394 e. The van der Waals surface area contributed by atoms with Crippen LogP contribution in [-0.4, -0.2) is 59.8 Å². The molecule has 0 radical (unpaired) electrons. The van der Waals surface area contributed by atoms with Crippen LogP contribution in [0.4, 0.5) is 5.82 Å². The molecule has 5 rings (SSSR count). The van der Waals surface area contributed by atoms with Gasteiger partial charge in [0.1, 0.15) is 24.6 Å². The second kappa shape index (κ2) is 7.61. The molecule has 0 unspecified atom stereocenters. The summed E-state index contributed by atoms with van der Waals surface area (Å²) >= 11 is 0. The van der Waals surface area contributed by atoms with E-state index < -0.39 is 31.1 Å². The Balaban J connectivity index is 1.67. The van der Waals surface area contributed by atoms with Gasteiger partial charge in [0.15, 0.2) is 29.0 Å². The number of nitrogens with two attached hydrogens (primary N) is 1. The molecule has 9 nitrogen and oxygen atoms in total. The van der Waals surface area contributed by atoms with Gasteiger partial charge in [-0.25, -0.2) is 15.0 Å². The van der Waals surface area contributed by atoms with Gasteiger partial charge >= 0.3 is 0 Å². The highest BCUT2D eigenvalue weighted by atomic mass is 16.6. The minimum absolute atomic E-state index is 0.156. The second-order valence-corrected chi connectivity index (χ2v) is 7.24. The zero-order valence-electron chi connectivity index (χ0n) is 16.3. The molecule has 0 amide bonds. The van der Waals surface area contributed by atoms with E-state index in [9.17, 15) is 15.3 Å². The fourth-order valence-electron chi connectivity index (χ4n) is 3.81. The SMILES string of the molecule is Nc1ncnc2c1nc(C#Cc1cccc3ccccc13)n2[C@@H]1O[C@H](CO)[C@@H](O)[C@H]1O. The van der Waals surface area contributed by atoms with Crippen LogP contribution in [0.15, 0.2) is 48.8 Å². The fourth-order valence-corrected chi connectivity index (χ4v) is 3.81. The Morgan fingerprint density at radius 1 is 1.03 bits per heavy atom. The molecule has 2 aromatic heterocycles. The molecule has 1 fully saturated rings. The van der Waals surface area contributed by atoms with Crippen LogP contribution in [0.3, 0.4) is 0 Å². The molecule has 9 heteroatoms. The van der Waals surface area contributed by atoms with Gasteiger partial charge in [0.2, 0.25) is 0 Å². The number of imidazole rings is 1. The molecule has 0 saturated carbocycles. The summed E-state index contributed by atoms with van der Waals surface area (Å²) in [6.45, 7) is -0.449. The molecule has 1 aliphatic heterocycles. The molecule has 2 aromatic carbocycles. The molecule has 1 aliphatic rings. The van der Waals surface area contributed by atoms with Gasteiger partial charge in [-0.2, -0.15) is 0 Å². The molecular formula is C22H19N5O4. The molecular weight excluding hydrogens is 398 g/mol. The average molecular weight is 417 g/mol. The van der Waals surface area contributed by atoms with E-state index in [0.717, 1.165) is 16.3 Å². The Morgan fingerprint density at radius 3 is 2.65 bits per heavy atom. The van der Waals surface area contributed by atoms with Gasteiger partial charge in [0, 0.05) is 5.56 Å². The first kappa shape index (κ1) is 19.4. The summed E-state index contributed by atoms with van der Waals surface area (Å²) in [5.74, 6) is 6.55. The van der Waals surface area contributed by atoms with Gasteiger partial charge in [0.05, 0.1) is 6.61 Å². The number of aromatic nitrogens is 4. The molecule has 156 valence electrons. The van der Waals surface area contributed by atoms with Crippen LogP contribution in [-0.2, 0) is 4.74 Å². The summed E-state index contributed by atoms with van der Waals surface area (Å²) in [6.07, 6.45) is -3.31. The van der Waals surface area contributed by atoms with Crippen LogP contribution < -0.4 is 5.73 Å². The molecule has 4 atom stereocenters. The van der Waals surface area contributed by atoms with Crippen LogP contribution in [0.2, 0.25) is 0 Å². The zero-order valence-corrected chi connectivity index (χ0v) is 16.3. The normalized spacial score (nSPS) is 23.2. The first-order chi connectivity index (χ1) is 15.1. The van der Waals surface area contributed by atoms with Crippen molar-refractivity contribution in [3.05, 3.63) is 60.2 Å². The minimum atomic E-state index is -1.32. The van der Waals surface area contributed by atoms with Gasteiger partial charge in [-0.15, -0.1) is 0 Å². The predicted octanol–water partition coefficient (Wildman–Crippen LogP) is 0.573. The van der Waals surface area contributed by atoms with Gasteiger partial charge < -0.3 is 25.8 Å². The Bertz CT molecular complexity index is 1340. The topological polar surface area (TPSA) is 140 Å². The number of rotatable bonds is 2. The number of fused-ring (bicyclic) bond motifs is 2. The van der Waals surface area contributed by atoms with Crippen molar-refractivity contribution in [2.45, 2.75) is 24.5 Å². The average Bonchev–Trinajstić information content (AvgIpc) is 3.30. The van der Waals surface area contributed by atoms with Crippen molar-refractivity contribution in [2.24, 2.45) is 0 Å².